The van der Waals surface area contributed by atoms with Gasteiger partial charge in [0.05, 0.1) is 17.7 Å². The molecule has 0 N–H and O–H groups in total. The number of carbonyl (C=O) groups is 1. The van der Waals surface area contributed by atoms with E-state index in [4.69, 9.17) is 4.74 Å². The molecule has 2 rings (SSSR count). The molecule has 0 radical (unpaired) electrons. The van der Waals surface area contributed by atoms with E-state index in [0.29, 0.717) is 5.69 Å². The third kappa shape index (κ3) is 5.15. The topological polar surface area (TPSA) is 82.6 Å². The summed E-state index contributed by atoms with van der Waals surface area (Å²) in [7, 11) is -2.39. The van der Waals surface area contributed by atoms with Crippen molar-refractivity contribution in [3.63, 3.8) is 0 Å². The summed E-state index contributed by atoms with van der Waals surface area (Å²) >= 11 is 0. The van der Waals surface area contributed by atoms with Crippen molar-refractivity contribution in [2.45, 2.75) is 16.6 Å². The number of methoxy groups -OCH3 is 1. The maximum Gasteiger partial charge on any atom is 0.508 e. The first kappa shape index (κ1) is 18.7. The van der Waals surface area contributed by atoms with E-state index in [2.05, 4.69) is 9.72 Å². The highest BCUT2D eigenvalue weighted by atomic mass is 32.2. The number of pyridine rings is 1. The molecule has 132 valence electrons. The lowest BCUT2D eigenvalue weighted by atomic mass is 10.2. The summed E-state index contributed by atoms with van der Waals surface area (Å²) in [5.74, 6) is 0. The van der Waals surface area contributed by atoms with Crippen LogP contribution in [0.4, 0.5) is 4.79 Å². The number of aromatic nitrogens is 1. The average Bonchev–Trinajstić information content (AvgIpc) is 2.65. The Hall–Kier alpha value is -2.67. The maximum atomic E-state index is 13.0. The first-order chi connectivity index (χ1) is 12.1. The molecule has 1 atom stereocenters. The van der Waals surface area contributed by atoms with Crippen LogP contribution in [0.3, 0.4) is 0 Å². The van der Waals surface area contributed by atoms with Crippen LogP contribution in [0.1, 0.15) is 17.4 Å². The highest BCUT2D eigenvalue weighted by molar-refractivity contribution is 7.91. The molecule has 0 saturated heterocycles. The van der Waals surface area contributed by atoms with Gasteiger partial charge in [-0.25, -0.2) is 13.2 Å². The van der Waals surface area contributed by atoms with Crippen LogP contribution in [0.15, 0.2) is 71.8 Å². The van der Waals surface area contributed by atoms with Crippen LogP contribution in [0, 0.1) is 0 Å². The van der Waals surface area contributed by atoms with Gasteiger partial charge in [0, 0.05) is 6.20 Å². The molecule has 0 amide bonds. The summed E-state index contributed by atoms with van der Waals surface area (Å²) in [6.07, 6.45) is 4.21. The number of hydrogen-bond donors (Lipinski definition) is 0. The Bertz CT molecular complexity index is 804. The normalized spacial score (nSPS) is 12.7. The number of nitrogens with zero attached hydrogens (tertiary/aromatic N) is 1. The predicted octanol–water partition coefficient (Wildman–Crippen LogP) is 3.33. The van der Waals surface area contributed by atoms with Gasteiger partial charge in [-0.2, -0.15) is 0 Å². The quantitative estimate of drug-likeness (QED) is 0.556. The van der Waals surface area contributed by atoms with Gasteiger partial charge in [-0.1, -0.05) is 36.4 Å². The molecule has 2 aromatic rings. The van der Waals surface area contributed by atoms with Gasteiger partial charge in [0.2, 0.25) is 0 Å². The number of hydrogen-bond acceptors (Lipinski definition) is 6. The van der Waals surface area contributed by atoms with E-state index in [1.54, 1.807) is 66.9 Å². The van der Waals surface area contributed by atoms with Gasteiger partial charge in [-0.05, 0) is 30.7 Å². The van der Waals surface area contributed by atoms with Crippen molar-refractivity contribution in [3.05, 3.63) is 72.6 Å². The minimum atomic E-state index is -3.61. The number of sulfone groups is 1. The number of allylic oxidation sites excluding steroid dienone is 1. The smallest absolute Gasteiger partial charge is 0.438 e. The molecule has 0 aliphatic rings. The largest absolute Gasteiger partial charge is 0.508 e. The summed E-state index contributed by atoms with van der Waals surface area (Å²) in [5.41, 5.74) is 0.463. The summed E-state index contributed by atoms with van der Waals surface area (Å²) in [6, 6.07) is 13.4. The lowest BCUT2D eigenvalue weighted by Gasteiger charge is -2.16. The molecule has 0 fully saturated rings. The first-order valence-corrected chi connectivity index (χ1v) is 9.16. The maximum absolute atomic E-state index is 13.0. The van der Waals surface area contributed by atoms with Crippen LogP contribution in [0.5, 0.6) is 0 Å². The first-order valence-electron chi connectivity index (χ1n) is 7.61. The molecule has 0 bridgehead atoms. The third-order valence-corrected chi connectivity index (χ3v) is 5.56. The number of benzene rings is 1. The van der Waals surface area contributed by atoms with Crippen LogP contribution in [0.2, 0.25) is 0 Å². The van der Waals surface area contributed by atoms with Gasteiger partial charge >= 0.3 is 6.16 Å². The predicted molar refractivity (Wildman–Crippen MR) is 92.7 cm³/mol. The van der Waals surface area contributed by atoms with E-state index >= 15 is 0 Å². The Morgan fingerprint density at radius 1 is 1.12 bits per heavy atom. The number of ether oxygens (including phenoxy) is 2. The number of carbonyl (C=O) groups excluding carboxylic acids is 1. The third-order valence-electron chi connectivity index (χ3n) is 3.44. The van der Waals surface area contributed by atoms with Crippen LogP contribution < -0.4 is 0 Å². The number of rotatable bonds is 7. The highest BCUT2D eigenvalue weighted by Gasteiger charge is 2.28. The molecule has 6 nitrogen and oxygen atoms in total. The zero-order chi connectivity index (χ0) is 18.1. The van der Waals surface area contributed by atoms with Crippen molar-refractivity contribution < 1.29 is 22.7 Å². The van der Waals surface area contributed by atoms with Crippen molar-refractivity contribution in [3.8, 4) is 0 Å². The second-order valence-electron chi connectivity index (χ2n) is 5.07. The van der Waals surface area contributed by atoms with Crippen molar-refractivity contribution in [2.24, 2.45) is 0 Å². The van der Waals surface area contributed by atoms with E-state index < -0.39 is 21.2 Å². The fraction of sp³-hybridized carbons (Fsp3) is 0.222. The van der Waals surface area contributed by atoms with Gasteiger partial charge in [0.25, 0.3) is 0 Å². The van der Waals surface area contributed by atoms with Crippen molar-refractivity contribution in [2.75, 3.05) is 13.7 Å². The zero-order valence-corrected chi connectivity index (χ0v) is 14.6. The lowest BCUT2D eigenvalue weighted by Crippen LogP contribution is -2.14. The van der Waals surface area contributed by atoms with Crippen molar-refractivity contribution >= 4 is 16.0 Å². The Labute approximate surface area is 147 Å². The summed E-state index contributed by atoms with van der Waals surface area (Å²) in [6.45, 7) is 0.00694. The molecule has 1 aromatic carbocycles. The second kappa shape index (κ2) is 8.98. The van der Waals surface area contributed by atoms with E-state index in [1.165, 1.54) is 7.11 Å². The van der Waals surface area contributed by atoms with Gasteiger partial charge in [-0.15, -0.1) is 0 Å². The van der Waals surface area contributed by atoms with E-state index in [0.717, 1.165) is 0 Å². The molecule has 0 saturated carbocycles. The second-order valence-corrected chi connectivity index (χ2v) is 7.20. The SMILES string of the molecule is COC(=O)OC/C=C/CC(c1ccccn1)S(=O)(=O)c1ccccc1. The van der Waals surface area contributed by atoms with Crippen LogP contribution >= 0.6 is 0 Å². The standard InChI is InChI=1S/C18H19NO5S/c1-23-18(20)24-14-8-6-12-17(16-11-5-7-13-19-16)25(21,22)15-9-3-2-4-10-15/h2-11,13,17H,12,14H2,1H3/b8-6+. The molecule has 0 aliphatic heterocycles. The Balaban J connectivity index is 2.20. The monoisotopic (exact) mass is 361 g/mol. The average molecular weight is 361 g/mol. The molecular weight excluding hydrogens is 342 g/mol. The van der Waals surface area contributed by atoms with E-state index in [-0.39, 0.29) is 17.9 Å². The summed E-state index contributed by atoms with van der Waals surface area (Å²) in [4.78, 5) is 15.3. The van der Waals surface area contributed by atoms with Crippen LogP contribution in [-0.2, 0) is 19.3 Å². The molecule has 0 aliphatic carbocycles. The van der Waals surface area contributed by atoms with Crippen LogP contribution in [-0.4, -0.2) is 33.3 Å². The lowest BCUT2D eigenvalue weighted by molar-refractivity contribution is 0.0817. The summed E-state index contributed by atoms with van der Waals surface area (Å²) in [5, 5.41) is -0.828. The van der Waals surface area contributed by atoms with E-state index in [1.807, 2.05) is 0 Å². The minimum Gasteiger partial charge on any atom is -0.438 e. The van der Waals surface area contributed by atoms with Gasteiger partial charge < -0.3 is 9.47 Å². The zero-order valence-electron chi connectivity index (χ0n) is 13.7. The molecule has 1 heterocycles. The van der Waals surface area contributed by atoms with Gasteiger partial charge in [-0.3, -0.25) is 4.98 Å². The molecule has 7 heteroatoms. The molecule has 25 heavy (non-hydrogen) atoms. The van der Waals surface area contributed by atoms with Crippen LogP contribution in [0.25, 0.3) is 0 Å². The molecule has 1 unspecified atom stereocenters. The van der Waals surface area contributed by atoms with Crippen molar-refractivity contribution in [1.29, 1.82) is 0 Å². The fourth-order valence-corrected chi connectivity index (χ4v) is 3.90. The van der Waals surface area contributed by atoms with Gasteiger partial charge in [0.1, 0.15) is 11.9 Å². The highest BCUT2D eigenvalue weighted by Crippen LogP contribution is 2.30. The minimum absolute atomic E-state index is 0.00694. The summed E-state index contributed by atoms with van der Waals surface area (Å²) < 4.78 is 35.0. The fourth-order valence-electron chi connectivity index (χ4n) is 2.21. The van der Waals surface area contributed by atoms with Gasteiger partial charge in [0.15, 0.2) is 9.84 Å². The molecule has 0 spiro atoms. The molecule has 1 aromatic heterocycles. The Kier molecular flexibility index (Phi) is 6.71. The Morgan fingerprint density at radius 3 is 2.48 bits per heavy atom. The molecular formula is C18H19NO5S. The Morgan fingerprint density at radius 2 is 1.84 bits per heavy atom. The van der Waals surface area contributed by atoms with Crippen molar-refractivity contribution in [1.82, 2.24) is 4.98 Å². The van der Waals surface area contributed by atoms with E-state index in [9.17, 15) is 13.2 Å².